The largest absolute Gasteiger partial charge is 0.319 e. The first-order valence-electron chi connectivity index (χ1n) is 5.13. The van der Waals surface area contributed by atoms with Crippen molar-refractivity contribution >= 4 is 27.5 Å². The standard InChI is InChI=1S/C12H12BrN3O/c1-8-11(7-16(2)15-8)14-12(17)9-3-5-10(13)6-4-9/h3-7H,1-2H3,(H,14,17). The van der Waals surface area contributed by atoms with Gasteiger partial charge in [-0.15, -0.1) is 0 Å². The Hall–Kier alpha value is -1.62. The minimum atomic E-state index is -0.131. The van der Waals surface area contributed by atoms with Crippen molar-refractivity contribution in [2.24, 2.45) is 7.05 Å². The Morgan fingerprint density at radius 2 is 2.00 bits per heavy atom. The highest BCUT2D eigenvalue weighted by atomic mass is 79.9. The van der Waals surface area contributed by atoms with E-state index in [-0.39, 0.29) is 5.91 Å². The molecule has 0 unspecified atom stereocenters. The van der Waals surface area contributed by atoms with Gasteiger partial charge >= 0.3 is 0 Å². The lowest BCUT2D eigenvalue weighted by Crippen LogP contribution is -2.11. The fourth-order valence-electron chi connectivity index (χ4n) is 1.52. The smallest absolute Gasteiger partial charge is 0.255 e. The van der Waals surface area contributed by atoms with Crippen molar-refractivity contribution in [1.29, 1.82) is 0 Å². The zero-order chi connectivity index (χ0) is 12.4. The second-order valence-corrected chi connectivity index (χ2v) is 4.68. The van der Waals surface area contributed by atoms with Crippen LogP contribution in [0.15, 0.2) is 34.9 Å². The summed E-state index contributed by atoms with van der Waals surface area (Å²) in [6.07, 6.45) is 1.78. The fourth-order valence-corrected chi connectivity index (χ4v) is 1.78. The molecule has 0 saturated heterocycles. The van der Waals surface area contributed by atoms with Gasteiger partial charge in [0, 0.05) is 23.3 Å². The minimum absolute atomic E-state index is 0.131. The molecule has 0 spiro atoms. The van der Waals surface area contributed by atoms with Crippen molar-refractivity contribution in [1.82, 2.24) is 9.78 Å². The van der Waals surface area contributed by atoms with Crippen LogP contribution in [0.2, 0.25) is 0 Å². The highest BCUT2D eigenvalue weighted by Crippen LogP contribution is 2.15. The van der Waals surface area contributed by atoms with E-state index in [2.05, 4.69) is 26.3 Å². The van der Waals surface area contributed by atoms with Crippen LogP contribution in [0.5, 0.6) is 0 Å². The Morgan fingerprint density at radius 1 is 1.35 bits per heavy atom. The third-order valence-corrected chi connectivity index (χ3v) is 2.90. The van der Waals surface area contributed by atoms with Crippen molar-refractivity contribution in [2.45, 2.75) is 6.92 Å². The first kappa shape index (κ1) is 11.9. The quantitative estimate of drug-likeness (QED) is 0.925. The molecule has 0 aliphatic carbocycles. The molecule has 5 heteroatoms. The average Bonchev–Trinajstić information content (AvgIpc) is 2.58. The van der Waals surface area contributed by atoms with Gasteiger partial charge in [-0.2, -0.15) is 5.10 Å². The van der Waals surface area contributed by atoms with Gasteiger partial charge in [-0.1, -0.05) is 15.9 Å². The minimum Gasteiger partial charge on any atom is -0.319 e. The number of halogens is 1. The van der Waals surface area contributed by atoms with Crippen LogP contribution in [-0.4, -0.2) is 15.7 Å². The summed E-state index contributed by atoms with van der Waals surface area (Å²) >= 11 is 3.33. The van der Waals surface area contributed by atoms with Crippen LogP contribution in [0.3, 0.4) is 0 Å². The van der Waals surface area contributed by atoms with E-state index in [1.165, 1.54) is 0 Å². The normalized spacial score (nSPS) is 10.3. The molecule has 0 radical (unpaired) electrons. The van der Waals surface area contributed by atoms with Crippen LogP contribution in [0, 0.1) is 6.92 Å². The van der Waals surface area contributed by atoms with E-state index in [1.54, 1.807) is 23.0 Å². The number of nitrogens with zero attached hydrogens (tertiary/aromatic N) is 2. The summed E-state index contributed by atoms with van der Waals surface area (Å²) in [7, 11) is 1.82. The summed E-state index contributed by atoms with van der Waals surface area (Å²) in [5, 5.41) is 7.00. The number of amides is 1. The van der Waals surface area contributed by atoms with Crippen molar-refractivity contribution in [3.05, 3.63) is 46.2 Å². The molecular weight excluding hydrogens is 282 g/mol. The number of aryl methyl sites for hydroxylation is 2. The molecule has 1 aromatic heterocycles. The van der Waals surface area contributed by atoms with Crippen LogP contribution in [0.4, 0.5) is 5.69 Å². The molecule has 0 aliphatic heterocycles. The van der Waals surface area contributed by atoms with Crippen LogP contribution in [0.1, 0.15) is 16.1 Å². The molecule has 2 rings (SSSR count). The maximum atomic E-state index is 11.9. The number of anilines is 1. The number of nitrogens with one attached hydrogen (secondary N) is 1. The topological polar surface area (TPSA) is 46.9 Å². The SMILES string of the molecule is Cc1nn(C)cc1NC(=O)c1ccc(Br)cc1. The molecule has 2 aromatic rings. The van der Waals surface area contributed by atoms with Gasteiger partial charge in [0.1, 0.15) is 0 Å². The first-order chi connectivity index (χ1) is 8.06. The first-order valence-corrected chi connectivity index (χ1v) is 5.93. The molecule has 1 amide bonds. The van der Waals surface area contributed by atoms with Gasteiger partial charge in [0.25, 0.3) is 5.91 Å². The Balaban J connectivity index is 2.17. The Morgan fingerprint density at radius 3 is 2.53 bits per heavy atom. The summed E-state index contributed by atoms with van der Waals surface area (Å²) in [6, 6.07) is 7.21. The molecule has 0 fully saturated rings. The highest BCUT2D eigenvalue weighted by molar-refractivity contribution is 9.10. The predicted octanol–water partition coefficient (Wildman–Crippen LogP) is 2.74. The van der Waals surface area contributed by atoms with Crippen molar-refractivity contribution in [3.8, 4) is 0 Å². The van der Waals surface area contributed by atoms with E-state index in [4.69, 9.17) is 0 Å². The van der Waals surface area contributed by atoms with Gasteiger partial charge in [0.15, 0.2) is 0 Å². The second kappa shape index (κ2) is 4.71. The molecule has 88 valence electrons. The molecule has 1 heterocycles. The molecular formula is C12H12BrN3O. The van der Waals surface area contributed by atoms with Crippen molar-refractivity contribution < 1.29 is 4.79 Å². The lowest BCUT2D eigenvalue weighted by Gasteiger charge is -2.03. The molecule has 4 nitrogen and oxygen atoms in total. The zero-order valence-corrected chi connectivity index (χ0v) is 11.2. The van der Waals surface area contributed by atoms with Gasteiger partial charge < -0.3 is 5.32 Å². The van der Waals surface area contributed by atoms with Crippen LogP contribution < -0.4 is 5.32 Å². The number of aromatic nitrogens is 2. The molecule has 0 bridgehead atoms. The number of carbonyl (C=O) groups is 1. The lowest BCUT2D eigenvalue weighted by molar-refractivity contribution is 0.102. The maximum Gasteiger partial charge on any atom is 0.255 e. The zero-order valence-electron chi connectivity index (χ0n) is 9.57. The number of benzene rings is 1. The van der Waals surface area contributed by atoms with Crippen LogP contribution in [0.25, 0.3) is 0 Å². The fraction of sp³-hybridized carbons (Fsp3) is 0.167. The van der Waals surface area contributed by atoms with Crippen LogP contribution >= 0.6 is 15.9 Å². The number of carbonyl (C=O) groups excluding carboxylic acids is 1. The van der Waals surface area contributed by atoms with E-state index in [9.17, 15) is 4.79 Å². The van der Waals surface area contributed by atoms with Crippen molar-refractivity contribution in [3.63, 3.8) is 0 Å². The van der Waals surface area contributed by atoms with Crippen LogP contribution in [-0.2, 0) is 7.05 Å². The van der Waals surface area contributed by atoms with E-state index in [0.717, 1.165) is 15.9 Å². The van der Waals surface area contributed by atoms with Gasteiger partial charge in [0.2, 0.25) is 0 Å². The van der Waals surface area contributed by atoms with E-state index >= 15 is 0 Å². The third-order valence-electron chi connectivity index (χ3n) is 2.37. The third kappa shape index (κ3) is 2.74. The number of hydrogen-bond donors (Lipinski definition) is 1. The summed E-state index contributed by atoms with van der Waals surface area (Å²) in [5.74, 6) is -0.131. The Bertz CT molecular complexity index is 545. The molecule has 0 aliphatic rings. The Kier molecular flexibility index (Phi) is 3.28. The number of hydrogen-bond acceptors (Lipinski definition) is 2. The Labute approximate surface area is 108 Å². The van der Waals surface area contributed by atoms with Gasteiger partial charge in [-0.05, 0) is 31.2 Å². The number of rotatable bonds is 2. The summed E-state index contributed by atoms with van der Waals surface area (Å²) in [4.78, 5) is 11.9. The van der Waals surface area contributed by atoms with Gasteiger partial charge in [-0.3, -0.25) is 9.48 Å². The van der Waals surface area contributed by atoms with Gasteiger partial charge in [-0.25, -0.2) is 0 Å². The van der Waals surface area contributed by atoms with E-state index in [1.807, 2.05) is 26.1 Å². The van der Waals surface area contributed by atoms with Gasteiger partial charge in [0.05, 0.1) is 11.4 Å². The molecule has 0 atom stereocenters. The molecule has 1 N–H and O–H groups in total. The van der Waals surface area contributed by atoms with Crippen molar-refractivity contribution in [2.75, 3.05) is 5.32 Å². The molecule has 0 saturated carbocycles. The van der Waals surface area contributed by atoms with E-state index in [0.29, 0.717) is 5.56 Å². The average molecular weight is 294 g/mol. The van der Waals surface area contributed by atoms with E-state index < -0.39 is 0 Å². The monoisotopic (exact) mass is 293 g/mol. The maximum absolute atomic E-state index is 11.9. The lowest BCUT2D eigenvalue weighted by atomic mass is 10.2. The molecule has 17 heavy (non-hydrogen) atoms. The molecule has 1 aromatic carbocycles. The summed E-state index contributed by atoms with van der Waals surface area (Å²) in [6.45, 7) is 1.86. The second-order valence-electron chi connectivity index (χ2n) is 3.76. The summed E-state index contributed by atoms with van der Waals surface area (Å²) in [5.41, 5.74) is 2.16. The summed E-state index contributed by atoms with van der Waals surface area (Å²) < 4.78 is 2.62. The highest BCUT2D eigenvalue weighted by Gasteiger charge is 2.09. The predicted molar refractivity (Wildman–Crippen MR) is 70.0 cm³/mol.